The molecule has 2 heterocycles. The van der Waals surface area contributed by atoms with Gasteiger partial charge < -0.3 is 19.9 Å². The molecule has 0 spiro atoms. The highest BCUT2D eigenvalue weighted by atomic mass is 16.5. The van der Waals surface area contributed by atoms with Gasteiger partial charge >= 0.3 is 5.97 Å². The number of carbonyl (C=O) groups excluding carboxylic acids is 2. The van der Waals surface area contributed by atoms with Gasteiger partial charge in [-0.2, -0.15) is 0 Å². The molecule has 2 amide bonds. The molecule has 0 aromatic heterocycles. The van der Waals surface area contributed by atoms with Gasteiger partial charge in [0, 0.05) is 13.2 Å². The van der Waals surface area contributed by atoms with Crippen LogP contribution in [0.25, 0.3) is 0 Å². The second-order valence-corrected chi connectivity index (χ2v) is 6.11. The maximum Gasteiger partial charge on any atom is 0.335 e. The van der Waals surface area contributed by atoms with Gasteiger partial charge in [-0.25, -0.2) is 4.79 Å². The van der Waals surface area contributed by atoms with Crippen LogP contribution in [0.15, 0.2) is 18.2 Å². The van der Waals surface area contributed by atoms with Crippen LogP contribution in [-0.4, -0.2) is 54.8 Å². The van der Waals surface area contributed by atoms with Crippen LogP contribution in [0.1, 0.15) is 30.1 Å². The Labute approximate surface area is 144 Å². The van der Waals surface area contributed by atoms with Crippen molar-refractivity contribution >= 4 is 23.5 Å². The molecular weight excluding hydrogens is 328 g/mol. The van der Waals surface area contributed by atoms with E-state index >= 15 is 0 Å². The number of ether oxygens (including phenoxy) is 2. The number of nitrogens with zero attached hydrogens (tertiary/aromatic N) is 1. The second-order valence-electron chi connectivity index (χ2n) is 6.11. The van der Waals surface area contributed by atoms with Crippen LogP contribution >= 0.6 is 0 Å². The van der Waals surface area contributed by atoms with Gasteiger partial charge in [0.1, 0.15) is 12.3 Å². The number of nitrogens with one attached hydrogen (secondary N) is 1. The van der Waals surface area contributed by atoms with Crippen molar-refractivity contribution in [3.63, 3.8) is 0 Å². The zero-order valence-electron chi connectivity index (χ0n) is 13.9. The Balaban J connectivity index is 1.72. The molecule has 0 radical (unpaired) electrons. The molecule has 8 heteroatoms. The molecule has 0 aliphatic carbocycles. The van der Waals surface area contributed by atoms with Gasteiger partial charge in [-0.3, -0.25) is 14.5 Å². The van der Waals surface area contributed by atoms with Gasteiger partial charge in [-0.1, -0.05) is 0 Å². The molecule has 1 aromatic rings. The number of aromatic carboxylic acids is 1. The summed E-state index contributed by atoms with van der Waals surface area (Å²) in [6.07, 6.45) is 1.13. The highest BCUT2D eigenvalue weighted by Crippen LogP contribution is 2.34. The quantitative estimate of drug-likeness (QED) is 0.815. The third-order valence-electron chi connectivity index (χ3n) is 4.27. The molecule has 0 bridgehead atoms. The topological polar surface area (TPSA) is 105 Å². The molecule has 2 aliphatic rings. The van der Waals surface area contributed by atoms with Gasteiger partial charge in [0.05, 0.1) is 17.4 Å². The zero-order valence-corrected chi connectivity index (χ0v) is 13.9. The summed E-state index contributed by atoms with van der Waals surface area (Å²) in [7, 11) is 0. The van der Waals surface area contributed by atoms with E-state index in [1.54, 1.807) is 6.92 Å². The first kappa shape index (κ1) is 17.2. The summed E-state index contributed by atoms with van der Waals surface area (Å²) in [4.78, 5) is 37.0. The molecule has 1 fully saturated rings. The predicted octanol–water partition coefficient (Wildman–Crippen LogP) is 0.794. The molecule has 2 aliphatic heterocycles. The van der Waals surface area contributed by atoms with Crippen LogP contribution in [-0.2, 0) is 14.3 Å². The standard InChI is InChI=1S/C17H20N2O6/c1-10-16(21)19(9-15(20)18-8-12-3-2-6-24-12)13-5-4-11(17(22)23)7-14(13)25-10/h4-5,7,10,12H,2-3,6,8-9H2,1H3,(H,18,20)(H,22,23). The third kappa shape index (κ3) is 3.74. The molecule has 2 N–H and O–H groups in total. The Bertz CT molecular complexity index is 698. The molecule has 25 heavy (non-hydrogen) atoms. The summed E-state index contributed by atoms with van der Waals surface area (Å²) in [5.41, 5.74) is 0.448. The number of anilines is 1. The van der Waals surface area contributed by atoms with E-state index in [2.05, 4.69) is 5.32 Å². The van der Waals surface area contributed by atoms with Crippen molar-refractivity contribution in [1.29, 1.82) is 0 Å². The van der Waals surface area contributed by atoms with Gasteiger partial charge in [-0.15, -0.1) is 0 Å². The predicted molar refractivity (Wildman–Crippen MR) is 87.8 cm³/mol. The summed E-state index contributed by atoms with van der Waals surface area (Å²) >= 11 is 0. The minimum Gasteiger partial charge on any atom is -0.479 e. The van der Waals surface area contributed by atoms with Crippen LogP contribution in [0.2, 0.25) is 0 Å². The van der Waals surface area contributed by atoms with E-state index in [4.69, 9.17) is 14.6 Å². The fourth-order valence-electron chi connectivity index (χ4n) is 2.94. The van der Waals surface area contributed by atoms with Gasteiger partial charge in [0.2, 0.25) is 5.91 Å². The lowest BCUT2D eigenvalue weighted by Crippen LogP contribution is -2.49. The third-order valence-corrected chi connectivity index (χ3v) is 4.27. The van der Waals surface area contributed by atoms with E-state index in [1.165, 1.54) is 23.1 Å². The average molecular weight is 348 g/mol. The minimum atomic E-state index is -1.09. The molecular formula is C17H20N2O6. The van der Waals surface area contributed by atoms with Gasteiger partial charge in [0.25, 0.3) is 5.91 Å². The first-order chi connectivity index (χ1) is 12.0. The smallest absolute Gasteiger partial charge is 0.335 e. The first-order valence-electron chi connectivity index (χ1n) is 8.19. The molecule has 2 unspecified atom stereocenters. The molecule has 2 atom stereocenters. The lowest BCUT2D eigenvalue weighted by Gasteiger charge is -2.32. The number of benzene rings is 1. The SMILES string of the molecule is CC1Oc2cc(C(=O)O)ccc2N(CC(=O)NCC2CCCO2)C1=O. The van der Waals surface area contributed by atoms with E-state index in [0.29, 0.717) is 18.8 Å². The van der Waals surface area contributed by atoms with Crippen LogP contribution in [0.3, 0.4) is 0 Å². The maximum atomic E-state index is 12.4. The minimum absolute atomic E-state index is 0.0219. The summed E-state index contributed by atoms with van der Waals surface area (Å²) in [5.74, 6) is -1.45. The number of fused-ring (bicyclic) bond motifs is 1. The Morgan fingerprint density at radius 1 is 1.40 bits per heavy atom. The molecule has 1 aromatic carbocycles. The first-order valence-corrected chi connectivity index (χ1v) is 8.19. The van der Waals surface area contributed by atoms with Crippen molar-refractivity contribution in [2.24, 2.45) is 0 Å². The Morgan fingerprint density at radius 3 is 2.88 bits per heavy atom. The normalized spacial score (nSPS) is 22.3. The molecule has 3 rings (SSSR count). The lowest BCUT2D eigenvalue weighted by atomic mass is 10.1. The fourth-order valence-corrected chi connectivity index (χ4v) is 2.94. The van der Waals surface area contributed by atoms with Crippen molar-refractivity contribution in [3.8, 4) is 5.75 Å². The Hall–Kier alpha value is -2.61. The highest BCUT2D eigenvalue weighted by molar-refractivity contribution is 6.04. The number of carboxylic acids is 1. The number of amides is 2. The molecule has 134 valence electrons. The fraction of sp³-hybridized carbons (Fsp3) is 0.471. The van der Waals surface area contributed by atoms with Crippen LogP contribution in [0.4, 0.5) is 5.69 Å². The van der Waals surface area contributed by atoms with E-state index in [-0.39, 0.29) is 35.8 Å². The van der Waals surface area contributed by atoms with Crippen LogP contribution < -0.4 is 15.0 Å². The second kappa shape index (κ2) is 7.10. The van der Waals surface area contributed by atoms with Gasteiger partial charge in [-0.05, 0) is 38.0 Å². The van der Waals surface area contributed by atoms with Crippen LogP contribution in [0, 0.1) is 0 Å². The largest absolute Gasteiger partial charge is 0.479 e. The van der Waals surface area contributed by atoms with E-state index in [0.717, 1.165) is 12.8 Å². The molecule has 1 saturated heterocycles. The summed E-state index contributed by atoms with van der Waals surface area (Å²) in [6, 6.07) is 4.22. The number of carboxylic acid groups (broad SMARTS) is 1. The van der Waals surface area contributed by atoms with Gasteiger partial charge in [0.15, 0.2) is 6.10 Å². The Morgan fingerprint density at radius 2 is 2.20 bits per heavy atom. The van der Waals surface area contributed by atoms with Crippen molar-refractivity contribution in [2.75, 3.05) is 24.6 Å². The number of hydrogen-bond donors (Lipinski definition) is 2. The van der Waals surface area contributed by atoms with Crippen molar-refractivity contribution in [3.05, 3.63) is 23.8 Å². The van der Waals surface area contributed by atoms with Crippen molar-refractivity contribution in [1.82, 2.24) is 5.32 Å². The van der Waals surface area contributed by atoms with Crippen molar-refractivity contribution < 1.29 is 29.0 Å². The lowest BCUT2D eigenvalue weighted by molar-refractivity contribution is -0.128. The monoisotopic (exact) mass is 348 g/mol. The Kier molecular flexibility index (Phi) is 4.89. The number of carbonyl (C=O) groups is 3. The highest BCUT2D eigenvalue weighted by Gasteiger charge is 2.33. The van der Waals surface area contributed by atoms with E-state index < -0.39 is 12.1 Å². The summed E-state index contributed by atoms with van der Waals surface area (Å²) in [6.45, 7) is 2.53. The molecule has 8 nitrogen and oxygen atoms in total. The average Bonchev–Trinajstić information content (AvgIpc) is 3.10. The zero-order chi connectivity index (χ0) is 18.0. The number of rotatable bonds is 5. The summed E-state index contributed by atoms with van der Waals surface area (Å²) in [5, 5.41) is 11.9. The molecule has 0 saturated carbocycles. The van der Waals surface area contributed by atoms with Crippen LogP contribution in [0.5, 0.6) is 5.75 Å². The van der Waals surface area contributed by atoms with Crippen molar-refractivity contribution in [2.45, 2.75) is 32.0 Å². The number of hydrogen-bond acceptors (Lipinski definition) is 5. The maximum absolute atomic E-state index is 12.4. The van der Waals surface area contributed by atoms with E-state index in [9.17, 15) is 14.4 Å². The van der Waals surface area contributed by atoms with E-state index in [1.807, 2.05) is 0 Å². The summed E-state index contributed by atoms with van der Waals surface area (Å²) < 4.78 is 10.9.